The highest BCUT2D eigenvalue weighted by Crippen LogP contribution is 2.35. The first-order valence-electron chi connectivity index (χ1n) is 16.3. The van der Waals surface area contributed by atoms with Crippen molar-refractivity contribution in [3.8, 4) is 11.1 Å². The Hall–Kier alpha value is -4.23. The Balaban J connectivity index is 1.72. The predicted molar refractivity (Wildman–Crippen MR) is 181 cm³/mol. The first-order chi connectivity index (χ1) is 22.5. The standard InChI is InChI=1S/C34H46N6O6S/c1-5-23-17-18-40(29(19-23)34(43)46-7-3)33(42)28(15-10-14-27-22(4)36-21-37-27)39-47(44,45)30-16-9-13-26(32(30)38-31(41)6-2)24-11-8-12-25(35)20-24/h8-9,11-13,16,20-21,23,28-29,39H,5-7,10,14-15,17-19,35H2,1-4H3,(H,36,37)(H,38,41)/t23-,28+,29-/m0/s1. The number of nitrogen functional groups attached to an aromatic ring is 1. The van der Waals surface area contributed by atoms with Crippen LogP contribution in [0.25, 0.3) is 11.1 Å². The monoisotopic (exact) mass is 666 g/mol. The first kappa shape index (κ1) is 35.6. The van der Waals surface area contributed by atoms with Crippen LogP contribution in [0, 0.1) is 12.8 Å². The summed E-state index contributed by atoms with van der Waals surface area (Å²) < 4.78 is 36.5. The number of aromatic nitrogens is 2. The molecule has 1 aliphatic rings. The Morgan fingerprint density at radius 1 is 1.15 bits per heavy atom. The molecule has 0 spiro atoms. The number of piperidine rings is 1. The molecule has 0 unspecified atom stereocenters. The quantitative estimate of drug-likeness (QED) is 0.143. The van der Waals surface area contributed by atoms with E-state index >= 15 is 0 Å². The molecule has 3 atom stereocenters. The minimum Gasteiger partial charge on any atom is -0.464 e. The number of para-hydroxylation sites is 1. The molecule has 12 nitrogen and oxygen atoms in total. The highest BCUT2D eigenvalue weighted by molar-refractivity contribution is 7.89. The van der Waals surface area contributed by atoms with E-state index in [0.29, 0.717) is 49.0 Å². The summed E-state index contributed by atoms with van der Waals surface area (Å²) in [4.78, 5) is 48.7. The number of hydrogen-bond acceptors (Lipinski definition) is 8. The maximum absolute atomic E-state index is 14.3. The SMILES string of the molecule is CCOC(=O)[C@@H]1C[C@@H](CC)CCN1C(=O)[C@@H](CCCc1nc[nH]c1C)NS(=O)(=O)c1cccc(-c2cccc(N)c2)c1NC(=O)CC. The molecule has 0 radical (unpaired) electrons. The molecule has 4 rings (SSSR count). The maximum atomic E-state index is 14.3. The van der Waals surface area contributed by atoms with Crippen LogP contribution in [-0.2, 0) is 35.6 Å². The number of nitrogens with two attached hydrogens (primary N) is 1. The number of carbonyl (C=O) groups is 3. The van der Waals surface area contributed by atoms with E-state index in [0.717, 1.165) is 17.8 Å². The van der Waals surface area contributed by atoms with Gasteiger partial charge in [0, 0.05) is 29.9 Å². The number of anilines is 2. The molecule has 0 aliphatic carbocycles. The summed E-state index contributed by atoms with van der Waals surface area (Å²) in [5, 5.41) is 2.77. The number of benzene rings is 2. The van der Waals surface area contributed by atoms with Gasteiger partial charge in [0.15, 0.2) is 0 Å². The molecule has 1 fully saturated rings. The van der Waals surface area contributed by atoms with Crippen molar-refractivity contribution in [2.24, 2.45) is 5.92 Å². The molecule has 0 bridgehead atoms. The number of hydrogen-bond donors (Lipinski definition) is 4. The second-order valence-corrected chi connectivity index (χ2v) is 13.5. The number of carbonyl (C=O) groups excluding carboxylic acids is 3. The zero-order chi connectivity index (χ0) is 34.1. The lowest BCUT2D eigenvalue weighted by Crippen LogP contribution is -2.57. The van der Waals surface area contributed by atoms with Crippen molar-refractivity contribution in [3.05, 3.63) is 60.2 Å². The van der Waals surface area contributed by atoms with Gasteiger partial charge in [-0.25, -0.2) is 18.2 Å². The smallest absolute Gasteiger partial charge is 0.328 e. The number of imidazole rings is 1. The summed E-state index contributed by atoms with van der Waals surface area (Å²) in [5.74, 6) is -1.13. The van der Waals surface area contributed by atoms with E-state index in [1.807, 2.05) is 13.8 Å². The molecule has 3 aromatic rings. The molecule has 5 N–H and O–H groups in total. The molecule has 254 valence electrons. The van der Waals surface area contributed by atoms with Crippen LogP contribution < -0.4 is 15.8 Å². The minimum absolute atomic E-state index is 0.0870. The van der Waals surface area contributed by atoms with Crippen LogP contribution in [0.2, 0.25) is 0 Å². The Kier molecular flexibility index (Phi) is 12.2. The second-order valence-electron chi connectivity index (χ2n) is 11.8. The van der Waals surface area contributed by atoms with Gasteiger partial charge in [0.1, 0.15) is 17.0 Å². The van der Waals surface area contributed by atoms with Gasteiger partial charge in [-0.15, -0.1) is 0 Å². The number of esters is 1. The summed E-state index contributed by atoms with van der Waals surface area (Å²) in [6.45, 7) is 7.80. The molecule has 1 aliphatic heterocycles. The number of ether oxygens (including phenoxy) is 1. The number of aromatic amines is 1. The summed E-state index contributed by atoms with van der Waals surface area (Å²) in [6.07, 6.45) is 4.83. The topological polar surface area (TPSA) is 177 Å². The van der Waals surface area contributed by atoms with E-state index in [1.165, 1.54) is 11.0 Å². The number of rotatable bonds is 14. The lowest BCUT2D eigenvalue weighted by molar-refractivity contribution is -0.158. The third kappa shape index (κ3) is 8.77. The third-order valence-electron chi connectivity index (χ3n) is 8.67. The fourth-order valence-corrected chi connectivity index (χ4v) is 7.40. The Morgan fingerprint density at radius 3 is 2.57 bits per heavy atom. The summed E-state index contributed by atoms with van der Waals surface area (Å²) >= 11 is 0. The predicted octanol–water partition coefficient (Wildman–Crippen LogP) is 4.57. The van der Waals surface area contributed by atoms with Crippen molar-refractivity contribution in [3.63, 3.8) is 0 Å². The zero-order valence-electron chi connectivity index (χ0n) is 27.5. The molecule has 2 heterocycles. The molecule has 1 saturated heterocycles. The van der Waals surface area contributed by atoms with Gasteiger partial charge in [0.2, 0.25) is 21.8 Å². The largest absolute Gasteiger partial charge is 0.464 e. The van der Waals surface area contributed by atoms with Crippen molar-refractivity contribution < 1.29 is 27.5 Å². The molecule has 2 aromatic carbocycles. The van der Waals surface area contributed by atoms with E-state index in [1.54, 1.807) is 56.6 Å². The van der Waals surface area contributed by atoms with E-state index in [9.17, 15) is 22.8 Å². The Bertz CT molecular complexity index is 1670. The van der Waals surface area contributed by atoms with Gasteiger partial charge >= 0.3 is 5.97 Å². The lowest BCUT2D eigenvalue weighted by atomic mass is 9.88. The molecule has 1 aromatic heterocycles. The summed E-state index contributed by atoms with van der Waals surface area (Å²) in [7, 11) is -4.41. The van der Waals surface area contributed by atoms with Gasteiger partial charge in [-0.2, -0.15) is 4.72 Å². The number of nitrogens with zero attached hydrogens (tertiary/aromatic N) is 2. The van der Waals surface area contributed by atoms with Gasteiger partial charge in [-0.3, -0.25) is 9.59 Å². The van der Waals surface area contributed by atoms with Crippen molar-refractivity contribution in [1.29, 1.82) is 0 Å². The molecule has 47 heavy (non-hydrogen) atoms. The van der Waals surface area contributed by atoms with E-state index < -0.39 is 34.0 Å². The van der Waals surface area contributed by atoms with Crippen LogP contribution in [-0.4, -0.2) is 66.3 Å². The number of nitrogens with one attached hydrogen (secondary N) is 3. The number of aryl methyl sites for hydroxylation is 2. The van der Waals surface area contributed by atoms with Crippen LogP contribution >= 0.6 is 0 Å². The Morgan fingerprint density at radius 2 is 1.91 bits per heavy atom. The van der Waals surface area contributed by atoms with Gasteiger partial charge in [0.25, 0.3) is 0 Å². The van der Waals surface area contributed by atoms with Crippen LogP contribution in [0.1, 0.15) is 70.7 Å². The highest BCUT2D eigenvalue weighted by atomic mass is 32.2. The van der Waals surface area contributed by atoms with E-state index in [2.05, 4.69) is 20.0 Å². The third-order valence-corrected chi connectivity index (χ3v) is 10.2. The molecular weight excluding hydrogens is 620 g/mol. The fourth-order valence-electron chi connectivity index (χ4n) is 5.99. The van der Waals surface area contributed by atoms with Gasteiger partial charge in [-0.1, -0.05) is 44.5 Å². The average molecular weight is 667 g/mol. The van der Waals surface area contributed by atoms with Crippen molar-refractivity contribution >= 4 is 39.2 Å². The normalized spacial score (nSPS) is 17.2. The zero-order valence-corrected chi connectivity index (χ0v) is 28.4. The average Bonchev–Trinajstić information content (AvgIpc) is 3.47. The lowest BCUT2D eigenvalue weighted by Gasteiger charge is -2.39. The number of amides is 2. The number of sulfonamides is 1. The maximum Gasteiger partial charge on any atom is 0.328 e. The fraction of sp³-hybridized carbons (Fsp3) is 0.471. The van der Waals surface area contributed by atoms with Crippen LogP contribution in [0.15, 0.2) is 53.7 Å². The van der Waals surface area contributed by atoms with Crippen molar-refractivity contribution in [2.75, 3.05) is 24.2 Å². The summed E-state index contributed by atoms with van der Waals surface area (Å²) in [6, 6.07) is 9.60. The van der Waals surface area contributed by atoms with Gasteiger partial charge in [0.05, 0.1) is 24.3 Å². The Labute approximate surface area is 276 Å². The molecule has 0 saturated carbocycles. The molecular formula is C34H46N6O6S. The first-order valence-corrected chi connectivity index (χ1v) is 17.7. The van der Waals surface area contributed by atoms with Gasteiger partial charge in [-0.05, 0) is 75.6 Å². The summed E-state index contributed by atoms with van der Waals surface area (Å²) in [5.41, 5.74) is 9.39. The molecule has 2 amide bonds. The highest BCUT2D eigenvalue weighted by Gasteiger charge is 2.40. The van der Waals surface area contributed by atoms with Crippen LogP contribution in [0.3, 0.4) is 0 Å². The van der Waals surface area contributed by atoms with Crippen molar-refractivity contribution in [2.45, 2.75) is 89.6 Å². The van der Waals surface area contributed by atoms with Crippen LogP contribution in [0.5, 0.6) is 0 Å². The second kappa shape index (κ2) is 16.1. The van der Waals surface area contributed by atoms with E-state index in [-0.39, 0.29) is 41.9 Å². The van der Waals surface area contributed by atoms with Crippen LogP contribution in [0.4, 0.5) is 11.4 Å². The molecule has 13 heteroatoms. The van der Waals surface area contributed by atoms with Crippen molar-refractivity contribution in [1.82, 2.24) is 19.6 Å². The number of likely N-dealkylation sites (tertiary alicyclic amines) is 1. The minimum atomic E-state index is -4.41. The number of H-pyrrole nitrogens is 1. The van der Waals surface area contributed by atoms with E-state index in [4.69, 9.17) is 10.5 Å². The van der Waals surface area contributed by atoms with Gasteiger partial charge < -0.3 is 25.7 Å².